The number of carbonyl (C=O) groups excluding carboxylic acids is 2. The molecule has 0 heterocycles. The van der Waals surface area contributed by atoms with Gasteiger partial charge < -0.3 is 10.1 Å². The predicted molar refractivity (Wildman–Crippen MR) is 122 cm³/mol. The Balaban J connectivity index is 1.38. The molecule has 0 saturated carbocycles. The van der Waals surface area contributed by atoms with Crippen molar-refractivity contribution >= 4 is 23.6 Å². The lowest BCUT2D eigenvalue weighted by atomic mass is 10.00. The van der Waals surface area contributed by atoms with Crippen molar-refractivity contribution < 1.29 is 14.3 Å². The monoisotopic (exact) mass is 425 g/mol. The number of hydrogen-bond acceptors (Lipinski definition) is 4. The van der Waals surface area contributed by atoms with Crippen LogP contribution in [-0.2, 0) is 33.6 Å². The molecule has 2 aromatic carbocycles. The highest BCUT2D eigenvalue weighted by Crippen LogP contribution is 2.27. The van der Waals surface area contributed by atoms with Crippen LogP contribution in [0, 0.1) is 5.92 Å². The third-order valence-electron chi connectivity index (χ3n) is 5.29. The molecule has 0 unspecified atom stereocenters. The Bertz CT molecular complexity index is 876. The van der Waals surface area contributed by atoms with Crippen LogP contribution < -0.4 is 5.32 Å². The van der Waals surface area contributed by atoms with Gasteiger partial charge in [-0.1, -0.05) is 44.2 Å². The molecule has 1 N–H and O–H groups in total. The van der Waals surface area contributed by atoms with Crippen LogP contribution in [0.3, 0.4) is 0 Å². The summed E-state index contributed by atoms with van der Waals surface area (Å²) in [4.78, 5) is 25.2. The zero-order chi connectivity index (χ0) is 21.5. The van der Waals surface area contributed by atoms with E-state index in [1.54, 1.807) is 0 Å². The molecule has 1 amide bonds. The lowest BCUT2D eigenvalue weighted by molar-refractivity contribution is -0.146. The van der Waals surface area contributed by atoms with E-state index in [1.807, 2.05) is 19.1 Å². The largest absolute Gasteiger partial charge is 0.455 e. The zero-order valence-electron chi connectivity index (χ0n) is 18.1. The second-order valence-electron chi connectivity index (χ2n) is 8.36. The number of nitrogens with one attached hydrogen (secondary N) is 1. The second kappa shape index (κ2) is 10.7. The molecule has 1 aliphatic rings. The van der Waals surface area contributed by atoms with Crippen molar-refractivity contribution in [1.82, 2.24) is 5.32 Å². The summed E-state index contributed by atoms with van der Waals surface area (Å²) in [6.07, 6.45) is 4.52. The zero-order valence-corrected chi connectivity index (χ0v) is 18.9. The predicted octanol–water partition coefficient (Wildman–Crippen LogP) is 4.89. The first-order chi connectivity index (χ1) is 14.4. The van der Waals surface area contributed by atoms with Crippen LogP contribution in [0.25, 0.3) is 0 Å². The smallest absolute Gasteiger partial charge is 0.316 e. The molecule has 4 nitrogen and oxygen atoms in total. The highest BCUT2D eigenvalue weighted by Gasteiger charge is 2.14. The molecule has 30 heavy (non-hydrogen) atoms. The molecule has 2 aromatic rings. The van der Waals surface area contributed by atoms with Gasteiger partial charge in [-0.2, -0.15) is 0 Å². The topological polar surface area (TPSA) is 55.4 Å². The summed E-state index contributed by atoms with van der Waals surface area (Å²) in [5, 5.41) is 2.89. The van der Waals surface area contributed by atoms with Crippen LogP contribution in [0.1, 0.15) is 55.5 Å². The molecular formula is C25H31NO3S. The molecule has 0 saturated heterocycles. The summed E-state index contributed by atoms with van der Waals surface area (Å²) in [7, 11) is 0. The number of thioether (sulfide) groups is 1. The van der Waals surface area contributed by atoms with Crippen molar-refractivity contribution in [2.45, 2.75) is 57.4 Å². The number of ether oxygens (including phenoxy) is 1. The van der Waals surface area contributed by atoms with Crippen LogP contribution in [0.4, 0.5) is 0 Å². The number of aryl methyl sites for hydroxylation is 2. The molecule has 1 aliphatic carbocycles. The number of fused-ring (bicyclic) bond motifs is 1. The maximum absolute atomic E-state index is 12.2. The van der Waals surface area contributed by atoms with E-state index < -0.39 is 0 Å². The van der Waals surface area contributed by atoms with Gasteiger partial charge in [0.1, 0.15) is 0 Å². The number of carbonyl (C=O) groups is 2. The Morgan fingerprint density at radius 3 is 2.50 bits per heavy atom. The van der Waals surface area contributed by atoms with Gasteiger partial charge in [-0.15, -0.1) is 11.8 Å². The quantitative estimate of drug-likeness (QED) is 0.459. The van der Waals surface area contributed by atoms with Crippen molar-refractivity contribution in [3.05, 3.63) is 64.7 Å². The van der Waals surface area contributed by atoms with Gasteiger partial charge in [-0.25, -0.2) is 0 Å². The summed E-state index contributed by atoms with van der Waals surface area (Å²) in [6.45, 7) is 6.07. The van der Waals surface area contributed by atoms with E-state index in [0.29, 0.717) is 5.92 Å². The van der Waals surface area contributed by atoms with Gasteiger partial charge in [0.25, 0.3) is 5.91 Å². The number of rotatable bonds is 9. The molecule has 0 radical (unpaired) electrons. The van der Waals surface area contributed by atoms with E-state index in [-0.39, 0.29) is 30.3 Å². The fourth-order valence-electron chi connectivity index (χ4n) is 3.75. The van der Waals surface area contributed by atoms with Gasteiger partial charge >= 0.3 is 5.97 Å². The summed E-state index contributed by atoms with van der Waals surface area (Å²) in [6, 6.07) is 14.5. The van der Waals surface area contributed by atoms with E-state index in [4.69, 9.17) is 4.74 Å². The fraction of sp³-hybridized carbons (Fsp3) is 0.440. The van der Waals surface area contributed by atoms with Crippen molar-refractivity contribution in [1.29, 1.82) is 0 Å². The van der Waals surface area contributed by atoms with Crippen molar-refractivity contribution in [2.24, 2.45) is 5.92 Å². The maximum Gasteiger partial charge on any atom is 0.316 e. The second-order valence-corrected chi connectivity index (χ2v) is 9.41. The first kappa shape index (κ1) is 22.4. The van der Waals surface area contributed by atoms with Gasteiger partial charge in [0.05, 0.1) is 11.8 Å². The molecule has 0 spiro atoms. The van der Waals surface area contributed by atoms with Crippen molar-refractivity contribution in [2.75, 3.05) is 12.4 Å². The Kier molecular flexibility index (Phi) is 7.97. The third kappa shape index (κ3) is 6.63. The highest BCUT2D eigenvalue weighted by atomic mass is 32.2. The first-order valence-corrected chi connectivity index (χ1v) is 11.7. The number of esters is 1. The van der Waals surface area contributed by atoms with Crippen LogP contribution in [0.15, 0.2) is 47.4 Å². The molecule has 160 valence electrons. The van der Waals surface area contributed by atoms with Crippen molar-refractivity contribution in [3.63, 3.8) is 0 Å². The van der Waals surface area contributed by atoms with Gasteiger partial charge in [-0.05, 0) is 72.9 Å². The number of amides is 1. The van der Waals surface area contributed by atoms with Crippen LogP contribution in [0.2, 0.25) is 0 Å². The number of hydrogen-bond donors (Lipinski definition) is 1. The molecule has 0 fully saturated rings. The SMILES string of the molecule is CC(C)Cc1ccc([C@@H](C)NC(=O)COC(=O)CSc2ccc3c(c2)CCC3)cc1. The van der Waals surface area contributed by atoms with E-state index >= 15 is 0 Å². The van der Waals surface area contributed by atoms with Gasteiger partial charge in [0.2, 0.25) is 0 Å². The van der Waals surface area contributed by atoms with E-state index in [2.05, 4.69) is 49.5 Å². The Morgan fingerprint density at radius 2 is 1.77 bits per heavy atom. The minimum absolute atomic E-state index is 0.134. The molecule has 1 atom stereocenters. The van der Waals surface area contributed by atoms with E-state index in [0.717, 1.165) is 29.7 Å². The molecular weight excluding hydrogens is 394 g/mol. The molecule has 0 aromatic heterocycles. The van der Waals surface area contributed by atoms with Crippen LogP contribution in [-0.4, -0.2) is 24.2 Å². The van der Waals surface area contributed by atoms with Crippen LogP contribution in [0.5, 0.6) is 0 Å². The summed E-state index contributed by atoms with van der Waals surface area (Å²) < 4.78 is 5.15. The average molecular weight is 426 g/mol. The maximum atomic E-state index is 12.2. The number of benzene rings is 2. The molecule has 5 heteroatoms. The summed E-state index contributed by atoms with van der Waals surface area (Å²) in [5.41, 5.74) is 5.14. The van der Waals surface area contributed by atoms with Gasteiger partial charge in [-0.3, -0.25) is 9.59 Å². The van der Waals surface area contributed by atoms with E-state index in [9.17, 15) is 9.59 Å². The fourth-order valence-corrected chi connectivity index (χ4v) is 4.51. The van der Waals surface area contributed by atoms with Gasteiger partial charge in [0.15, 0.2) is 6.61 Å². The van der Waals surface area contributed by atoms with Gasteiger partial charge in [0, 0.05) is 4.90 Å². The van der Waals surface area contributed by atoms with E-state index in [1.165, 1.54) is 34.9 Å². The minimum atomic E-state index is -0.374. The summed E-state index contributed by atoms with van der Waals surface area (Å²) >= 11 is 1.46. The standard InChI is InChI=1S/C25H31NO3S/c1-17(2)13-19-7-9-20(10-8-19)18(3)26-24(27)15-29-25(28)16-30-23-12-11-21-5-4-6-22(21)14-23/h7-12,14,17-18H,4-6,13,15-16H2,1-3H3,(H,26,27)/t18-/m1/s1. The first-order valence-electron chi connectivity index (χ1n) is 10.7. The van der Waals surface area contributed by atoms with Crippen molar-refractivity contribution in [3.8, 4) is 0 Å². The Labute approximate surface area is 183 Å². The average Bonchev–Trinajstić information content (AvgIpc) is 3.18. The molecule has 3 rings (SSSR count). The molecule has 0 bridgehead atoms. The minimum Gasteiger partial charge on any atom is -0.455 e. The summed E-state index contributed by atoms with van der Waals surface area (Å²) in [5.74, 6) is 0.161. The Hall–Kier alpha value is -2.27. The lowest BCUT2D eigenvalue weighted by Crippen LogP contribution is -2.31. The lowest BCUT2D eigenvalue weighted by Gasteiger charge is -2.15. The Morgan fingerprint density at radius 1 is 1.03 bits per heavy atom. The molecule has 0 aliphatic heterocycles. The highest BCUT2D eigenvalue weighted by molar-refractivity contribution is 8.00. The van der Waals surface area contributed by atoms with Crippen LogP contribution >= 0.6 is 11.8 Å². The normalized spacial score (nSPS) is 13.7. The third-order valence-corrected chi connectivity index (χ3v) is 6.26.